The Balaban J connectivity index is 2.30. The van der Waals surface area contributed by atoms with Crippen molar-refractivity contribution in [3.05, 3.63) is 11.9 Å². The molecule has 0 saturated carbocycles. The smallest absolute Gasteiger partial charge is 0.135 e. The Kier molecular flexibility index (Phi) is 4.55. The van der Waals surface area contributed by atoms with E-state index in [0.29, 0.717) is 16.4 Å². The molecule has 0 bridgehead atoms. The molecule has 1 saturated heterocycles. The van der Waals surface area contributed by atoms with Gasteiger partial charge in [-0.1, -0.05) is 27.7 Å². The van der Waals surface area contributed by atoms with E-state index in [1.165, 1.54) is 0 Å². The molecule has 4 nitrogen and oxygen atoms in total. The summed E-state index contributed by atoms with van der Waals surface area (Å²) in [5.74, 6) is 3.23. The summed E-state index contributed by atoms with van der Waals surface area (Å²) < 4.78 is 0. The van der Waals surface area contributed by atoms with E-state index in [0.717, 1.165) is 30.5 Å². The SMILES string of the molecule is CNc1cc(N2CC(C)SC(C)C2)nc(C(C)C)n1. The van der Waals surface area contributed by atoms with Gasteiger partial charge in [-0.15, -0.1) is 0 Å². The topological polar surface area (TPSA) is 41.0 Å². The van der Waals surface area contributed by atoms with Crippen LogP contribution in [0.1, 0.15) is 39.4 Å². The van der Waals surface area contributed by atoms with Gasteiger partial charge in [0.2, 0.25) is 0 Å². The van der Waals surface area contributed by atoms with Crippen LogP contribution in [-0.2, 0) is 0 Å². The third-order valence-corrected chi connectivity index (χ3v) is 4.47. The van der Waals surface area contributed by atoms with Gasteiger partial charge in [0.05, 0.1) is 0 Å². The van der Waals surface area contributed by atoms with Crippen LogP contribution in [0.15, 0.2) is 6.07 Å². The van der Waals surface area contributed by atoms with Crippen LogP contribution < -0.4 is 10.2 Å². The summed E-state index contributed by atoms with van der Waals surface area (Å²) in [7, 11) is 1.91. The number of anilines is 2. The summed E-state index contributed by atoms with van der Waals surface area (Å²) in [6.07, 6.45) is 0. The minimum Gasteiger partial charge on any atom is -0.373 e. The molecule has 1 aromatic rings. The molecule has 1 aliphatic rings. The average molecular weight is 280 g/mol. The van der Waals surface area contributed by atoms with Gasteiger partial charge >= 0.3 is 0 Å². The maximum Gasteiger partial charge on any atom is 0.135 e. The average Bonchev–Trinajstić information content (AvgIpc) is 2.37. The van der Waals surface area contributed by atoms with E-state index in [-0.39, 0.29) is 0 Å². The van der Waals surface area contributed by atoms with Crippen molar-refractivity contribution in [1.29, 1.82) is 0 Å². The van der Waals surface area contributed by atoms with Crippen molar-refractivity contribution in [3.63, 3.8) is 0 Å². The fourth-order valence-electron chi connectivity index (χ4n) is 2.37. The Morgan fingerprint density at radius 3 is 2.42 bits per heavy atom. The molecule has 0 aromatic carbocycles. The highest BCUT2D eigenvalue weighted by Gasteiger charge is 2.24. The second-order valence-corrected chi connectivity index (χ2v) is 7.42. The van der Waals surface area contributed by atoms with Crippen LogP contribution in [0.5, 0.6) is 0 Å². The van der Waals surface area contributed by atoms with E-state index < -0.39 is 0 Å². The highest BCUT2D eigenvalue weighted by atomic mass is 32.2. The van der Waals surface area contributed by atoms with Crippen LogP contribution in [-0.4, -0.2) is 40.6 Å². The molecule has 5 heteroatoms. The van der Waals surface area contributed by atoms with Gasteiger partial charge in [0.25, 0.3) is 0 Å². The molecule has 2 heterocycles. The van der Waals surface area contributed by atoms with Gasteiger partial charge < -0.3 is 10.2 Å². The quantitative estimate of drug-likeness (QED) is 0.922. The number of aromatic nitrogens is 2. The number of hydrogen-bond acceptors (Lipinski definition) is 5. The number of rotatable bonds is 3. The van der Waals surface area contributed by atoms with E-state index in [4.69, 9.17) is 4.98 Å². The summed E-state index contributed by atoms with van der Waals surface area (Å²) >= 11 is 2.06. The van der Waals surface area contributed by atoms with Crippen LogP contribution in [0.25, 0.3) is 0 Å². The molecule has 0 amide bonds. The van der Waals surface area contributed by atoms with E-state index in [1.807, 2.05) is 7.05 Å². The largest absolute Gasteiger partial charge is 0.373 e. The van der Waals surface area contributed by atoms with Crippen molar-refractivity contribution in [2.75, 3.05) is 30.4 Å². The second-order valence-electron chi connectivity index (χ2n) is 5.54. The minimum absolute atomic E-state index is 0.348. The van der Waals surface area contributed by atoms with Crippen molar-refractivity contribution in [3.8, 4) is 0 Å². The molecule has 0 spiro atoms. The van der Waals surface area contributed by atoms with Crippen LogP contribution >= 0.6 is 11.8 Å². The molecule has 106 valence electrons. The first-order valence-corrected chi connectivity index (χ1v) is 7.91. The van der Waals surface area contributed by atoms with Crippen molar-refractivity contribution in [1.82, 2.24) is 9.97 Å². The lowest BCUT2D eigenvalue weighted by molar-refractivity contribution is 0.703. The highest BCUT2D eigenvalue weighted by molar-refractivity contribution is 8.00. The molecule has 2 rings (SSSR count). The van der Waals surface area contributed by atoms with Crippen molar-refractivity contribution in [2.24, 2.45) is 0 Å². The molecule has 1 fully saturated rings. The molecule has 1 N–H and O–H groups in total. The third-order valence-electron chi connectivity index (χ3n) is 3.25. The summed E-state index contributed by atoms with van der Waals surface area (Å²) in [5.41, 5.74) is 0. The maximum atomic E-state index is 4.74. The Bertz CT molecular complexity index is 425. The van der Waals surface area contributed by atoms with Crippen molar-refractivity contribution < 1.29 is 0 Å². The molecule has 1 aliphatic heterocycles. The van der Waals surface area contributed by atoms with Crippen LogP contribution in [0.3, 0.4) is 0 Å². The van der Waals surface area contributed by atoms with Gasteiger partial charge in [-0.2, -0.15) is 11.8 Å². The Morgan fingerprint density at radius 1 is 1.26 bits per heavy atom. The monoisotopic (exact) mass is 280 g/mol. The molecule has 2 unspecified atom stereocenters. The molecule has 19 heavy (non-hydrogen) atoms. The lowest BCUT2D eigenvalue weighted by Crippen LogP contribution is -2.41. The van der Waals surface area contributed by atoms with E-state index in [9.17, 15) is 0 Å². The zero-order valence-corrected chi connectivity index (χ0v) is 13.3. The lowest BCUT2D eigenvalue weighted by atomic mass is 10.2. The predicted molar refractivity (Wildman–Crippen MR) is 84.4 cm³/mol. The Morgan fingerprint density at radius 2 is 1.89 bits per heavy atom. The Hall–Kier alpha value is -0.970. The van der Waals surface area contributed by atoms with Crippen molar-refractivity contribution in [2.45, 2.75) is 44.1 Å². The number of thioether (sulfide) groups is 1. The number of nitrogens with zero attached hydrogens (tertiary/aromatic N) is 3. The van der Waals surface area contributed by atoms with E-state index in [1.54, 1.807) is 0 Å². The lowest BCUT2D eigenvalue weighted by Gasteiger charge is -2.35. The molecule has 1 aromatic heterocycles. The molecule has 0 radical (unpaired) electrons. The number of hydrogen-bond donors (Lipinski definition) is 1. The van der Waals surface area contributed by atoms with Gasteiger partial charge in [-0.25, -0.2) is 9.97 Å². The van der Waals surface area contributed by atoms with Crippen molar-refractivity contribution >= 4 is 23.4 Å². The molecular formula is C14H24N4S. The first kappa shape index (κ1) is 14.4. The second kappa shape index (κ2) is 5.99. The van der Waals surface area contributed by atoms with E-state index in [2.05, 4.69) is 60.7 Å². The summed E-state index contributed by atoms with van der Waals surface area (Å²) in [6, 6.07) is 2.06. The normalized spacial score (nSPS) is 23.8. The highest BCUT2D eigenvalue weighted by Crippen LogP contribution is 2.29. The van der Waals surface area contributed by atoms with Gasteiger partial charge in [0.15, 0.2) is 0 Å². The van der Waals surface area contributed by atoms with Gasteiger partial charge in [0.1, 0.15) is 17.5 Å². The fraction of sp³-hybridized carbons (Fsp3) is 0.714. The van der Waals surface area contributed by atoms with Gasteiger partial charge in [-0.05, 0) is 0 Å². The fourth-order valence-corrected chi connectivity index (χ4v) is 3.69. The first-order valence-electron chi connectivity index (χ1n) is 6.96. The van der Waals surface area contributed by atoms with Gasteiger partial charge in [-0.3, -0.25) is 0 Å². The molecular weight excluding hydrogens is 256 g/mol. The van der Waals surface area contributed by atoms with Crippen LogP contribution in [0.2, 0.25) is 0 Å². The minimum atomic E-state index is 0.348. The number of nitrogens with one attached hydrogen (secondary N) is 1. The predicted octanol–water partition coefficient (Wildman–Crippen LogP) is 2.97. The summed E-state index contributed by atoms with van der Waals surface area (Å²) in [6.45, 7) is 11.0. The van der Waals surface area contributed by atoms with Gasteiger partial charge in [0, 0.05) is 42.6 Å². The summed E-state index contributed by atoms with van der Waals surface area (Å²) in [5, 5.41) is 4.45. The Labute approximate surface area is 120 Å². The summed E-state index contributed by atoms with van der Waals surface area (Å²) in [4.78, 5) is 11.7. The standard InChI is InChI=1S/C14H24N4S/c1-9(2)14-16-12(15-5)6-13(17-14)18-7-10(3)19-11(4)8-18/h6,9-11H,7-8H2,1-5H3,(H,15,16,17). The van der Waals surface area contributed by atoms with E-state index >= 15 is 0 Å². The molecule has 0 aliphatic carbocycles. The maximum absolute atomic E-state index is 4.74. The zero-order valence-electron chi connectivity index (χ0n) is 12.5. The first-order chi connectivity index (χ1) is 8.99. The molecule has 2 atom stereocenters. The van der Waals surface area contributed by atoms with Crippen LogP contribution in [0.4, 0.5) is 11.6 Å². The van der Waals surface area contributed by atoms with Crippen LogP contribution in [0, 0.1) is 0 Å². The zero-order chi connectivity index (χ0) is 14.0. The third kappa shape index (κ3) is 3.53.